The average Bonchev–Trinajstić information content (AvgIpc) is 2.61. The van der Waals surface area contributed by atoms with Crippen LogP contribution in [-0.2, 0) is 0 Å². The summed E-state index contributed by atoms with van der Waals surface area (Å²) in [6.07, 6.45) is 0. The van der Waals surface area contributed by atoms with Crippen LogP contribution in [0.1, 0.15) is 86.9 Å². The first-order valence-electron chi connectivity index (χ1n) is 9.46. The Morgan fingerprint density at radius 3 is 0.429 bits per heavy atom. The van der Waals surface area contributed by atoms with E-state index < -0.39 is 0 Å². The van der Waals surface area contributed by atoms with Crippen molar-refractivity contribution in [1.29, 1.82) is 0 Å². The van der Waals surface area contributed by atoms with Crippen LogP contribution in [0.15, 0.2) is 72.8 Å². The van der Waals surface area contributed by atoms with Crippen LogP contribution < -0.4 is 0 Å². The molecule has 0 saturated carbocycles. The molecule has 0 bridgehead atoms. The molecule has 0 unspecified atom stereocenters. The van der Waals surface area contributed by atoms with Crippen molar-refractivity contribution in [2.75, 3.05) is 0 Å². The van der Waals surface area contributed by atoms with Crippen molar-refractivity contribution in [2.24, 2.45) is 11.8 Å². The molecule has 6 radical (unpaired) electrons. The monoisotopic (exact) mass is 392 g/mol. The summed E-state index contributed by atoms with van der Waals surface area (Å²) >= 11 is 0. The SMILES string of the molecule is C.C.CC.CC.CC(C)C.CC(C)C.[2HH].[2HH].[B].[B].c1ccccc1.c1ccccc1. The highest BCUT2D eigenvalue weighted by Crippen LogP contribution is 1.82. The maximum atomic E-state index is 2.17. The summed E-state index contributed by atoms with van der Waals surface area (Å²) < 4.78 is 0. The molecule has 0 aromatic heterocycles. The normalized spacial score (nSPS) is 6.43. The molecule has 0 heterocycles. The minimum atomic E-state index is 0. The highest BCUT2D eigenvalue weighted by molar-refractivity contribution is 5.76. The van der Waals surface area contributed by atoms with Crippen LogP contribution >= 0.6 is 0 Å². The first-order chi connectivity index (χ1) is 11.5. The predicted molar refractivity (Wildman–Crippen MR) is 146 cm³/mol. The Morgan fingerprint density at radius 2 is 0.393 bits per heavy atom. The van der Waals surface area contributed by atoms with Crippen LogP contribution in [0.3, 0.4) is 0 Å². The van der Waals surface area contributed by atoms with Crippen molar-refractivity contribution in [3.8, 4) is 0 Å². The van der Waals surface area contributed by atoms with Crippen molar-refractivity contribution in [1.82, 2.24) is 0 Å². The number of hydrogen-bond donors (Lipinski definition) is 0. The van der Waals surface area contributed by atoms with Crippen LogP contribution in [-0.4, -0.2) is 16.8 Å². The van der Waals surface area contributed by atoms with Crippen molar-refractivity contribution < 1.29 is 2.85 Å². The zero-order valence-corrected chi connectivity index (χ0v) is 19.2. The van der Waals surface area contributed by atoms with Crippen LogP contribution in [0, 0.1) is 11.8 Å². The Bertz CT molecular complexity index is 260. The van der Waals surface area contributed by atoms with Crippen LogP contribution in [0.5, 0.6) is 0 Å². The minimum Gasteiger partial charge on any atom is -0.0776 e. The number of benzene rings is 2. The molecular formula is C26H56B2. The first kappa shape index (κ1) is 50.4. The third-order valence-electron chi connectivity index (χ3n) is 1.33. The second kappa shape index (κ2) is 56.2. The van der Waals surface area contributed by atoms with E-state index in [1.54, 1.807) is 0 Å². The highest BCUT2D eigenvalue weighted by Gasteiger charge is 1.68. The van der Waals surface area contributed by atoms with Gasteiger partial charge in [0.05, 0.1) is 0 Å². The summed E-state index contributed by atoms with van der Waals surface area (Å²) in [6.45, 7) is 21.0. The van der Waals surface area contributed by atoms with Crippen LogP contribution in [0.4, 0.5) is 0 Å². The van der Waals surface area contributed by atoms with Crippen molar-refractivity contribution >= 4 is 16.8 Å². The topological polar surface area (TPSA) is 0 Å². The molecule has 2 aromatic carbocycles. The van der Waals surface area contributed by atoms with E-state index in [0.717, 1.165) is 11.8 Å². The molecule has 0 nitrogen and oxygen atoms in total. The zero-order valence-electron chi connectivity index (χ0n) is 19.2. The molecule has 0 aliphatic rings. The fourth-order valence-corrected chi connectivity index (χ4v) is 0.770. The van der Waals surface area contributed by atoms with Gasteiger partial charge in [-0.25, -0.2) is 0 Å². The number of rotatable bonds is 0. The summed E-state index contributed by atoms with van der Waals surface area (Å²) in [6, 6.07) is 24.0. The van der Waals surface area contributed by atoms with E-state index in [9.17, 15) is 0 Å². The predicted octanol–water partition coefficient (Wildman–Crippen LogP) is 9.75. The van der Waals surface area contributed by atoms with Crippen molar-refractivity contribution in [3.63, 3.8) is 0 Å². The summed E-state index contributed by atoms with van der Waals surface area (Å²) in [4.78, 5) is 0. The number of hydrogen-bond acceptors (Lipinski definition) is 0. The van der Waals surface area contributed by atoms with Gasteiger partial charge in [-0.3, -0.25) is 0 Å². The van der Waals surface area contributed by atoms with Crippen LogP contribution in [0.25, 0.3) is 0 Å². The lowest BCUT2D eigenvalue weighted by atomic mass is 10.3. The van der Waals surface area contributed by atoms with Crippen LogP contribution in [0.2, 0.25) is 0 Å². The zero-order chi connectivity index (χ0) is 19.6. The smallest absolute Gasteiger partial charge is 0 e. The minimum absolute atomic E-state index is 0. The van der Waals surface area contributed by atoms with Gasteiger partial charge in [-0.15, -0.1) is 0 Å². The molecule has 0 fully saturated rings. The van der Waals surface area contributed by atoms with Gasteiger partial charge in [0.15, 0.2) is 0 Å². The highest BCUT2D eigenvalue weighted by atomic mass is 13.7. The molecule has 166 valence electrons. The maximum Gasteiger partial charge on any atom is 0 e. The fourth-order valence-electron chi connectivity index (χ4n) is 0.770. The van der Waals surface area contributed by atoms with E-state index in [-0.39, 0.29) is 34.5 Å². The summed E-state index contributed by atoms with van der Waals surface area (Å²) in [7, 11) is 0. The van der Waals surface area contributed by atoms with Gasteiger partial charge >= 0.3 is 0 Å². The van der Waals surface area contributed by atoms with Gasteiger partial charge in [-0.1, -0.05) is 157 Å². The largest absolute Gasteiger partial charge is 0.0776 e. The van der Waals surface area contributed by atoms with Crippen molar-refractivity contribution in [2.45, 2.75) is 84.1 Å². The van der Waals surface area contributed by atoms with Gasteiger partial charge in [0.25, 0.3) is 0 Å². The second-order valence-electron chi connectivity index (χ2n) is 5.77. The van der Waals surface area contributed by atoms with E-state index in [2.05, 4.69) is 41.5 Å². The Labute approximate surface area is 188 Å². The summed E-state index contributed by atoms with van der Waals surface area (Å²) in [5.41, 5.74) is 0. The van der Waals surface area contributed by atoms with E-state index in [0.29, 0.717) is 0 Å². The Kier molecular flexibility index (Phi) is 101. The van der Waals surface area contributed by atoms with Gasteiger partial charge in [-0.05, 0) is 11.8 Å². The molecule has 2 aromatic rings. The summed E-state index contributed by atoms with van der Waals surface area (Å²) in [5.74, 6) is 1.67. The molecule has 0 amide bonds. The molecule has 0 aliphatic heterocycles. The van der Waals surface area contributed by atoms with E-state index >= 15 is 0 Å². The Morgan fingerprint density at radius 1 is 0.357 bits per heavy atom. The molecule has 0 saturated heterocycles. The Hall–Kier alpha value is -1.43. The fraction of sp³-hybridized carbons (Fsp3) is 0.538. The first-order valence-corrected chi connectivity index (χ1v) is 9.46. The molecular weight excluding hydrogens is 334 g/mol. The molecule has 0 aliphatic carbocycles. The van der Waals surface area contributed by atoms with Gasteiger partial charge in [0.1, 0.15) is 0 Å². The van der Waals surface area contributed by atoms with Gasteiger partial charge < -0.3 is 0 Å². The average molecular weight is 392 g/mol. The van der Waals surface area contributed by atoms with Gasteiger partial charge in [-0.2, -0.15) is 0 Å². The lowest BCUT2D eigenvalue weighted by Gasteiger charge is -1.79. The molecule has 0 spiro atoms. The maximum absolute atomic E-state index is 2.17. The molecule has 0 N–H and O–H groups in total. The third kappa shape index (κ3) is 122. The summed E-state index contributed by atoms with van der Waals surface area (Å²) in [5, 5.41) is 0. The molecule has 2 rings (SSSR count). The molecule has 0 atom stereocenters. The van der Waals surface area contributed by atoms with E-state index in [1.165, 1.54) is 0 Å². The lowest BCUT2D eigenvalue weighted by molar-refractivity contribution is 0.736. The van der Waals surface area contributed by atoms with E-state index in [4.69, 9.17) is 0 Å². The quantitative estimate of drug-likeness (QED) is 0.391. The van der Waals surface area contributed by atoms with Gasteiger partial charge in [0.2, 0.25) is 0 Å². The van der Waals surface area contributed by atoms with Gasteiger partial charge in [0, 0.05) is 19.7 Å². The molecule has 28 heavy (non-hydrogen) atoms. The van der Waals surface area contributed by atoms with Crippen molar-refractivity contribution in [3.05, 3.63) is 72.8 Å². The Balaban J connectivity index is -0.0000000201. The molecule has 2 heteroatoms. The lowest BCUT2D eigenvalue weighted by Crippen LogP contribution is -1.66. The third-order valence-corrected chi connectivity index (χ3v) is 1.33. The second-order valence-corrected chi connectivity index (χ2v) is 5.77. The van der Waals surface area contributed by atoms with E-state index in [1.807, 2.05) is 100 Å². The standard InChI is InChI=1S/2C6H6.2C4H10.2C2H6.2CH4.2B.2H2/c2*1-2-4-6-5-3-1;2*1-4(2)3;2*1-2;;;;;;/h2*1-6H;2*4H,1-3H3;2*1-2H3;2*1H4;;;2*1H/i;;;;;;;;;;2*1+1.